The van der Waals surface area contributed by atoms with Crippen molar-refractivity contribution >= 4 is 43.6 Å². The van der Waals surface area contributed by atoms with E-state index in [1.54, 1.807) is 36.4 Å². The van der Waals surface area contributed by atoms with Crippen molar-refractivity contribution in [1.29, 1.82) is 0 Å². The van der Waals surface area contributed by atoms with E-state index in [0.717, 1.165) is 10.1 Å². The van der Waals surface area contributed by atoms with E-state index in [1.165, 1.54) is 4.57 Å². The Labute approximate surface area is 357 Å². The molecule has 5 heteroatoms. The first kappa shape index (κ1) is 16.0. The highest BCUT2D eigenvalue weighted by Gasteiger charge is 2.21. The molecule has 3 heterocycles. The van der Waals surface area contributed by atoms with Gasteiger partial charge in [-0.1, -0.05) is 157 Å². The molecule has 0 fully saturated rings. The minimum atomic E-state index is -0.983. The van der Waals surface area contributed by atoms with Crippen molar-refractivity contribution in [3.8, 4) is 56.7 Å². The molecule has 0 N–H and O–H groups in total. The SMILES string of the molecule is [2H]c1c([2H])c([2H])c(-c2nc(-c3c([2H])c([2H])c([2H])c(-c4c([2H])c([2H])c([2H])c([2H])c4[2H])c3[2H])nc(-n3c4c([2H])c([2H])c([2H])c([2H])c4c4c([2H])c5c6c([2H])c([2H])c([2H])c([2H])c6n(-c6cccc(-c7ccccc7)c6)c5c([2H])c43)n2)c([2H])c1[2H]. The Morgan fingerprint density at radius 1 is 0.357 bits per heavy atom. The van der Waals surface area contributed by atoms with Gasteiger partial charge >= 0.3 is 0 Å². The summed E-state index contributed by atoms with van der Waals surface area (Å²) in [5, 5.41) is -1.32. The molecule has 0 saturated carbocycles. The maximum absolute atomic E-state index is 10.4. The van der Waals surface area contributed by atoms with E-state index < -0.39 is 207 Å². The Hall–Kier alpha value is -7.63. The number of nitrogens with zero attached hydrogens (tertiary/aromatic N) is 5. The summed E-state index contributed by atoms with van der Waals surface area (Å²) >= 11 is 0. The Morgan fingerprint density at radius 3 is 1.66 bits per heavy atom. The molecule has 0 spiro atoms. The molecule has 8 aromatic carbocycles. The van der Waals surface area contributed by atoms with Gasteiger partial charge in [-0.15, -0.1) is 0 Å². The van der Waals surface area contributed by atoms with Gasteiger partial charge in [0, 0.05) is 38.4 Å². The minimum Gasteiger partial charge on any atom is -0.309 e. The lowest BCUT2D eigenvalue weighted by molar-refractivity contribution is 0.953. The maximum atomic E-state index is 10.4. The highest BCUT2D eigenvalue weighted by atomic mass is 15.2. The van der Waals surface area contributed by atoms with Crippen molar-refractivity contribution in [2.45, 2.75) is 0 Å². The average molecular weight is 740 g/mol. The zero-order valence-corrected chi connectivity index (χ0v) is 28.4. The van der Waals surface area contributed by atoms with Crippen LogP contribution in [0.4, 0.5) is 0 Å². The lowest BCUT2D eigenvalue weighted by Crippen LogP contribution is -2.06. The molecule has 262 valence electrons. The van der Waals surface area contributed by atoms with Crippen molar-refractivity contribution < 1.29 is 32.9 Å². The van der Waals surface area contributed by atoms with Gasteiger partial charge in [-0.25, -0.2) is 4.98 Å². The highest BCUT2D eigenvalue weighted by molar-refractivity contribution is 6.19. The summed E-state index contributed by atoms with van der Waals surface area (Å²) in [6, 6.07) is -3.91. The summed E-state index contributed by atoms with van der Waals surface area (Å²) in [6.07, 6.45) is 0. The molecule has 0 amide bonds. The molecule has 0 unspecified atom stereocenters. The summed E-state index contributed by atoms with van der Waals surface area (Å²) < 4.78 is 218. The summed E-state index contributed by atoms with van der Waals surface area (Å²) in [6.45, 7) is 0. The minimum absolute atomic E-state index is 0.181. The Kier molecular flexibility index (Phi) is 3.73. The van der Waals surface area contributed by atoms with Gasteiger partial charge in [0.1, 0.15) is 0 Å². The molecule has 0 radical (unpaired) electrons. The predicted molar refractivity (Wildman–Crippen MR) is 230 cm³/mol. The number of hydrogen-bond acceptors (Lipinski definition) is 3. The van der Waals surface area contributed by atoms with E-state index >= 15 is 0 Å². The van der Waals surface area contributed by atoms with Gasteiger partial charge in [0.2, 0.25) is 5.95 Å². The summed E-state index contributed by atoms with van der Waals surface area (Å²) in [7, 11) is 0. The van der Waals surface area contributed by atoms with Gasteiger partial charge in [0.25, 0.3) is 0 Å². The second-order valence-corrected chi connectivity index (χ2v) is 12.3. The van der Waals surface area contributed by atoms with E-state index in [2.05, 4.69) is 15.0 Å². The standard InChI is InChI=1S/C51H33N5/c1-4-16-34(17-5-1)37-22-14-24-39(30-37)50-52-49(36-20-8-3-9-21-36)53-51(54-50)56-46-29-13-11-27-42(46)44-32-43-41-26-10-12-28-45(41)55(47(43)33-48(44)56)40-25-15-23-38(31-40)35-18-6-2-7-19-35/h1-33H/i1D,3D,4D,5D,8D,9D,10D,11D,12D,13D,14D,16D,17D,20D,21D,22D,24D,26D,27D,28D,29D,30D,32D,33D. The van der Waals surface area contributed by atoms with Gasteiger partial charge in [0.05, 0.1) is 55.0 Å². The number of para-hydroxylation sites is 2. The molecule has 0 bridgehead atoms. The van der Waals surface area contributed by atoms with E-state index in [-0.39, 0.29) is 27.5 Å². The lowest BCUT2D eigenvalue weighted by atomic mass is 10.0. The average Bonchev–Trinajstić information content (AvgIpc) is 4.25. The molecule has 0 saturated heterocycles. The number of aromatic nitrogens is 5. The fraction of sp³-hybridized carbons (Fsp3) is 0. The van der Waals surface area contributed by atoms with Crippen LogP contribution >= 0.6 is 0 Å². The fourth-order valence-electron chi connectivity index (χ4n) is 6.63. The van der Waals surface area contributed by atoms with E-state index in [1.807, 2.05) is 18.2 Å². The van der Waals surface area contributed by atoms with E-state index in [9.17, 15) is 11.0 Å². The first-order chi connectivity index (χ1) is 37.8. The van der Waals surface area contributed by atoms with Crippen LogP contribution in [0.25, 0.3) is 100 Å². The second-order valence-electron chi connectivity index (χ2n) is 12.3. The van der Waals surface area contributed by atoms with Gasteiger partial charge in [-0.05, 0) is 64.6 Å². The number of hydrogen-bond donors (Lipinski definition) is 0. The zero-order chi connectivity index (χ0) is 57.9. The van der Waals surface area contributed by atoms with Crippen LogP contribution in [0.15, 0.2) is 200 Å². The first-order valence-corrected chi connectivity index (χ1v) is 16.9. The van der Waals surface area contributed by atoms with Gasteiger partial charge in [-0.3, -0.25) is 4.57 Å². The summed E-state index contributed by atoms with van der Waals surface area (Å²) in [5.74, 6) is -2.51. The zero-order valence-electron chi connectivity index (χ0n) is 52.4. The first-order valence-electron chi connectivity index (χ1n) is 28.9. The summed E-state index contributed by atoms with van der Waals surface area (Å²) in [5.41, 5.74) is -2.87. The van der Waals surface area contributed by atoms with E-state index in [0.29, 0.717) is 5.56 Å². The monoisotopic (exact) mass is 739 g/mol. The van der Waals surface area contributed by atoms with Crippen molar-refractivity contribution in [2.75, 3.05) is 0 Å². The third kappa shape index (κ3) is 5.29. The lowest BCUT2D eigenvalue weighted by Gasteiger charge is -2.12. The quantitative estimate of drug-likeness (QED) is 0.171. The number of rotatable bonds is 6. The van der Waals surface area contributed by atoms with Crippen molar-refractivity contribution in [3.05, 3.63) is 200 Å². The summed E-state index contributed by atoms with van der Waals surface area (Å²) in [4.78, 5) is 13.6. The Balaban J connectivity index is 1.38. The van der Waals surface area contributed by atoms with Crippen molar-refractivity contribution in [2.24, 2.45) is 0 Å². The van der Waals surface area contributed by atoms with Crippen molar-refractivity contribution in [3.63, 3.8) is 0 Å². The van der Waals surface area contributed by atoms with Crippen LogP contribution in [0.2, 0.25) is 0 Å². The molecule has 11 aromatic rings. The smallest absolute Gasteiger partial charge is 0.238 e. The molecule has 0 aliphatic heterocycles. The van der Waals surface area contributed by atoms with Crippen LogP contribution in [-0.4, -0.2) is 24.1 Å². The largest absolute Gasteiger partial charge is 0.309 e. The van der Waals surface area contributed by atoms with Crippen LogP contribution in [0.3, 0.4) is 0 Å². The van der Waals surface area contributed by atoms with Crippen LogP contribution < -0.4 is 0 Å². The molecule has 5 nitrogen and oxygen atoms in total. The molecule has 3 aromatic heterocycles. The number of fused-ring (bicyclic) bond motifs is 6. The van der Waals surface area contributed by atoms with Gasteiger partial charge in [0.15, 0.2) is 11.6 Å². The maximum Gasteiger partial charge on any atom is 0.238 e. The Bertz CT molecular complexity index is 4590. The van der Waals surface area contributed by atoms with Crippen LogP contribution in [0, 0.1) is 0 Å². The van der Waals surface area contributed by atoms with Crippen LogP contribution in [0.1, 0.15) is 32.9 Å². The third-order valence-corrected chi connectivity index (χ3v) is 9.05. The van der Waals surface area contributed by atoms with Crippen LogP contribution in [0.5, 0.6) is 0 Å². The Morgan fingerprint density at radius 2 is 0.929 bits per heavy atom. The molecule has 0 aliphatic carbocycles. The molecule has 56 heavy (non-hydrogen) atoms. The van der Waals surface area contributed by atoms with E-state index in [4.69, 9.17) is 21.9 Å². The van der Waals surface area contributed by atoms with Crippen LogP contribution in [-0.2, 0) is 0 Å². The topological polar surface area (TPSA) is 48.5 Å². The highest BCUT2D eigenvalue weighted by Crippen LogP contribution is 2.40. The second kappa shape index (κ2) is 13.0. The molecular formula is C51H33N5. The molecule has 11 rings (SSSR count). The molecule has 0 atom stereocenters. The predicted octanol–water partition coefficient (Wildman–Crippen LogP) is 12.7. The van der Waals surface area contributed by atoms with Crippen molar-refractivity contribution in [1.82, 2.24) is 24.1 Å². The third-order valence-electron chi connectivity index (χ3n) is 9.05. The number of benzene rings is 8. The normalized spacial score (nSPS) is 17.6. The van der Waals surface area contributed by atoms with Gasteiger partial charge in [-0.2, -0.15) is 9.97 Å². The fourth-order valence-corrected chi connectivity index (χ4v) is 6.63. The molecular weight excluding hydrogens is 683 g/mol. The van der Waals surface area contributed by atoms with Gasteiger partial charge < -0.3 is 4.57 Å². The molecule has 0 aliphatic rings.